The second kappa shape index (κ2) is 3.76. The largest absolute Gasteiger partial charge is 0.330 e. The summed E-state index contributed by atoms with van der Waals surface area (Å²) in [5.41, 5.74) is 0. The molecular formula is C8H11BrN2O. The summed E-state index contributed by atoms with van der Waals surface area (Å²) in [6.45, 7) is 0.619. The van der Waals surface area contributed by atoms with Crippen molar-refractivity contribution in [3.05, 3.63) is 22.8 Å². The number of allylic oxidation sites excluding steroid dienone is 2. The third-order valence-electron chi connectivity index (χ3n) is 1.49. The quantitative estimate of drug-likeness (QED) is 0.623. The molecule has 0 radical (unpaired) electrons. The summed E-state index contributed by atoms with van der Waals surface area (Å²) >= 11 is 3.34. The summed E-state index contributed by atoms with van der Waals surface area (Å²) in [5, 5.41) is 0. The topological polar surface area (TPSA) is 23.6 Å². The minimum absolute atomic E-state index is 0.00343. The van der Waals surface area contributed by atoms with Gasteiger partial charge in [-0.2, -0.15) is 0 Å². The Labute approximate surface area is 80.5 Å². The van der Waals surface area contributed by atoms with Gasteiger partial charge in [-0.15, -0.1) is 0 Å². The number of carbonyl (C=O) groups excluding carboxylic acids is 1. The number of nitrogens with zero attached hydrogens (tertiary/aromatic N) is 2. The number of rotatable bonds is 0. The van der Waals surface area contributed by atoms with Crippen molar-refractivity contribution in [1.82, 2.24) is 9.80 Å². The summed E-state index contributed by atoms with van der Waals surface area (Å²) in [6.07, 6.45) is 5.54. The van der Waals surface area contributed by atoms with Gasteiger partial charge in [-0.3, -0.25) is 4.90 Å². The van der Waals surface area contributed by atoms with Gasteiger partial charge in [-0.25, -0.2) is 4.79 Å². The maximum atomic E-state index is 11.4. The summed E-state index contributed by atoms with van der Waals surface area (Å²) < 4.78 is 1.01. The first-order valence-corrected chi connectivity index (χ1v) is 4.41. The normalized spacial score (nSPS) is 15.9. The Morgan fingerprint density at radius 3 is 2.83 bits per heavy atom. The molecule has 1 aliphatic heterocycles. The first-order valence-electron chi connectivity index (χ1n) is 3.62. The molecule has 12 heavy (non-hydrogen) atoms. The van der Waals surface area contributed by atoms with Crippen molar-refractivity contribution >= 4 is 22.0 Å². The molecule has 1 rings (SSSR count). The maximum absolute atomic E-state index is 11.4. The van der Waals surface area contributed by atoms with E-state index in [0.29, 0.717) is 6.54 Å². The summed E-state index contributed by atoms with van der Waals surface area (Å²) in [6, 6.07) is -0.00343. The van der Waals surface area contributed by atoms with Crippen molar-refractivity contribution in [3.8, 4) is 0 Å². The third-order valence-corrected chi connectivity index (χ3v) is 2.01. The van der Waals surface area contributed by atoms with E-state index in [2.05, 4.69) is 15.9 Å². The monoisotopic (exact) mass is 230 g/mol. The number of urea groups is 1. The van der Waals surface area contributed by atoms with E-state index in [1.165, 1.54) is 0 Å². The average molecular weight is 231 g/mol. The molecule has 0 aromatic carbocycles. The Hall–Kier alpha value is -0.770. The van der Waals surface area contributed by atoms with Crippen LogP contribution >= 0.6 is 15.9 Å². The Bertz CT molecular complexity index is 245. The number of carbonyl (C=O) groups is 1. The zero-order chi connectivity index (χ0) is 9.14. The fraction of sp³-hybridized carbons (Fsp3) is 0.375. The number of hydrogen-bond acceptors (Lipinski definition) is 1. The molecule has 0 aromatic heterocycles. The Morgan fingerprint density at radius 2 is 2.33 bits per heavy atom. The van der Waals surface area contributed by atoms with Crippen LogP contribution in [0.25, 0.3) is 0 Å². The van der Waals surface area contributed by atoms with Crippen LogP contribution in [0.1, 0.15) is 0 Å². The molecule has 3 nitrogen and oxygen atoms in total. The van der Waals surface area contributed by atoms with Gasteiger partial charge in [0, 0.05) is 24.8 Å². The number of amides is 2. The molecule has 0 N–H and O–H groups in total. The zero-order valence-corrected chi connectivity index (χ0v) is 8.71. The highest BCUT2D eigenvalue weighted by atomic mass is 79.9. The van der Waals surface area contributed by atoms with Crippen molar-refractivity contribution in [2.45, 2.75) is 0 Å². The Kier molecular flexibility index (Phi) is 2.92. The van der Waals surface area contributed by atoms with Crippen molar-refractivity contribution in [3.63, 3.8) is 0 Å². The van der Waals surface area contributed by atoms with Gasteiger partial charge in [0.15, 0.2) is 0 Å². The minimum atomic E-state index is -0.00343. The van der Waals surface area contributed by atoms with Crippen LogP contribution in [0, 0.1) is 0 Å². The van der Waals surface area contributed by atoms with E-state index >= 15 is 0 Å². The molecule has 66 valence electrons. The third kappa shape index (κ3) is 2.11. The summed E-state index contributed by atoms with van der Waals surface area (Å²) in [7, 11) is 3.48. The number of hydrogen-bond donors (Lipinski definition) is 0. The Morgan fingerprint density at radius 1 is 1.67 bits per heavy atom. The second-order valence-electron chi connectivity index (χ2n) is 2.76. The van der Waals surface area contributed by atoms with Gasteiger partial charge in [-0.1, -0.05) is 15.9 Å². The van der Waals surface area contributed by atoms with Gasteiger partial charge in [0.2, 0.25) is 0 Å². The van der Waals surface area contributed by atoms with Gasteiger partial charge < -0.3 is 4.90 Å². The minimum Gasteiger partial charge on any atom is -0.330 e. The molecule has 0 spiro atoms. The molecule has 0 bridgehead atoms. The van der Waals surface area contributed by atoms with Crippen LogP contribution in [-0.2, 0) is 0 Å². The standard InChI is InChI=1S/C8H11BrN2O/c1-10(2)8(12)11-5-3-4-7(9)6-11/h3-5H,6H2,1-2H3. The predicted molar refractivity (Wildman–Crippen MR) is 51.9 cm³/mol. The molecule has 0 aromatic rings. The van der Waals surface area contributed by atoms with Gasteiger partial charge in [-0.05, 0) is 12.2 Å². The van der Waals surface area contributed by atoms with Gasteiger partial charge in [0.05, 0.1) is 6.54 Å². The molecule has 0 aliphatic carbocycles. The van der Waals surface area contributed by atoms with Crippen LogP contribution < -0.4 is 0 Å². The zero-order valence-electron chi connectivity index (χ0n) is 7.12. The van der Waals surface area contributed by atoms with Crippen molar-refractivity contribution in [1.29, 1.82) is 0 Å². The first kappa shape index (κ1) is 9.32. The molecule has 2 amide bonds. The molecule has 4 heteroatoms. The lowest BCUT2D eigenvalue weighted by molar-refractivity contribution is 0.192. The highest BCUT2D eigenvalue weighted by Gasteiger charge is 2.14. The smallest absolute Gasteiger partial charge is 0.323 e. The molecule has 0 unspecified atom stereocenters. The predicted octanol–water partition coefficient (Wildman–Crippen LogP) is 1.78. The summed E-state index contributed by atoms with van der Waals surface area (Å²) in [4.78, 5) is 14.6. The van der Waals surface area contributed by atoms with Crippen LogP contribution in [0.5, 0.6) is 0 Å². The molecule has 1 heterocycles. The molecule has 1 aliphatic rings. The van der Waals surface area contributed by atoms with Crippen molar-refractivity contribution in [2.24, 2.45) is 0 Å². The van der Waals surface area contributed by atoms with Crippen LogP contribution in [0.4, 0.5) is 4.79 Å². The molecule has 0 atom stereocenters. The van der Waals surface area contributed by atoms with Crippen LogP contribution in [0.15, 0.2) is 22.8 Å². The van der Waals surface area contributed by atoms with Gasteiger partial charge in [0.1, 0.15) is 0 Å². The lowest BCUT2D eigenvalue weighted by Gasteiger charge is -2.24. The van der Waals surface area contributed by atoms with Gasteiger partial charge in [0.25, 0.3) is 0 Å². The highest BCUT2D eigenvalue weighted by Crippen LogP contribution is 2.13. The summed E-state index contributed by atoms with van der Waals surface area (Å²) in [5.74, 6) is 0. The van der Waals surface area contributed by atoms with E-state index in [0.717, 1.165) is 4.48 Å². The van der Waals surface area contributed by atoms with E-state index in [1.807, 2.05) is 12.2 Å². The maximum Gasteiger partial charge on any atom is 0.323 e. The molecular weight excluding hydrogens is 220 g/mol. The fourth-order valence-electron chi connectivity index (χ4n) is 0.908. The van der Waals surface area contributed by atoms with E-state index in [4.69, 9.17) is 0 Å². The van der Waals surface area contributed by atoms with E-state index in [1.54, 1.807) is 30.1 Å². The fourth-order valence-corrected chi connectivity index (χ4v) is 1.33. The van der Waals surface area contributed by atoms with Crippen LogP contribution in [0.2, 0.25) is 0 Å². The van der Waals surface area contributed by atoms with E-state index in [9.17, 15) is 4.79 Å². The first-order chi connectivity index (χ1) is 5.61. The lowest BCUT2D eigenvalue weighted by atomic mass is 10.3. The van der Waals surface area contributed by atoms with Crippen LogP contribution in [-0.4, -0.2) is 36.5 Å². The molecule has 0 saturated heterocycles. The Balaban J connectivity index is 2.63. The highest BCUT2D eigenvalue weighted by molar-refractivity contribution is 9.11. The average Bonchev–Trinajstić information content (AvgIpc) is 2.03. The SMILES string of the molecule is CN(C)C(=O)N1C=CC=C(Br)C1. The van der Waals surface area contributed by atoms with Gasteiger partial charge >= 0.3 is 6.03 Å². The number of halogens is 1. The van der Waals surface area contributed by atoms with Crippen molar-refractivity contribution in [2.75, 3.05) is 20.6 Å². The lowest BCUT2D eigenvalue weighted by Crippen LogP contribution is -2.36. The van der Waals surface area contributed by atoms with E-state index < -0.39 is 0 Å². The second-order valence-corrected chi connectivity index (χ2v) is 3.78. The van der Waals surface area contributed by atoms with Crippen molar-refractivity contribution < 1.29 is 4.79 Å². The molecule has 0 saturated carbocycles. The van der Waals surface area contributed by atoms with Crippen LogP contribution in [0.3, 0.4) is 0 Å². The van der Waals surface area contributed by atoms with E-state index in [-0.39, 0.29) is 6.03 Å². The molecule has 0 fully saturated rings.